The van der Waals surface area contributed by atoms with Crippen LogP contribution in [-0.2, 0) is 11.3 Å². The molecule has 2 aromatic rings. The van der Waals surface area contributed by atoms with Crippen LogP contribution < -0.4 is 20.4 Å². The highest BCUT2D eigenvalue weighted by atomic mass is 127. The van der Waals surface area contributed by atoms with Crippen molar-refractivity contribution in [1.82, 2.24) is 15.6 Å². The van der Waals surface area contributed by atoms with Crippen molar-refractivity contribution in [3.05, 3.63) is 53.7 Å². The molecule has 32 heavy (non-hydrogen) atoms. The average molecular weight is 558 g/mol. The summed E-state index contributed by atoms with van der Waals surface area (Å²) < 4.78 is 33.6. The van der Waals surface area contributed by atoms with Gasteiger partial charge in [-0.2, -0.15) is 0 Å². The number of anilines is 2. The molecule has 3 heterocycles. The Kier molecular flexibility index (Phi) is 8.85. The molecule has 1 aromatic carbocycles. The molecular formula is C22H29F2IN6O. The number of guanidine groups is 1. The number of nitrogens with one attached hydrogen (secondary N) is 2. The van der Waals surface area contributed by atoms with E-state index in [1.165, 1.54) is 18.2 Å². The monoisotopic (exact) mass is 558 g/mol. The fraction of sp³-hybridized carbons (Fsp3) is 0.455. The number of nitrogens with zero attached hydrogens (tertiary/aromatic N) is 4. The summed E-state index contributed by atoms with van der Waals surface area (Å²) in [6.07, 6.45) is 2.57. The van der Waals surface area contributed by atoms with Crippen LogP contribution in [0.1, 0.15) is 12.0 Å². The van der Waals surface area contributed by atoms with E-state index in [9.17, 15) is 8.78 Å². The quantitative estimate of drug-likeness (QED) is 0.335. The number of benzene rings is 1. The van der Waals surface area contributed by atoms with Crippen LogP contribution in [-0.4, -0.2) is 63.4 Å². The smallest absolute Gasteiger partial charge is 0.191 e. The van der Waals surface area contributed by atoms with Crippen molar-refractivity contribution in [2.75, 3.05) is 56.2 Å². The number of rotatable bonds is 5. The Labute approximate surface area is 204 Å². The lowest BCUT2D eigenvalue weighted by molar-refractivity contribution is 0.122. The average Bonchev–Trinajstić information content (AvgIpc) is 3.25. The van der Waals surface area contributed by atoms with Gasteiger partial charge in [-0.15, -0.1) is 24.0 Å². The minimum absolute atomic E-state index is 0. The molecule has 1 atom stereocenters. The minimum atomic E-state index is -0.532. The van der Waals surface area contributed by atoms with E-state index in [-0.39, 0.29) is 35.7 Å². The zero-order valence-corrected chi connectivity index (χ0v) is 20.4. The Hall–Kier alpha value is -2.21. The van der Waals surface area contributed by atoms with Gasteiger partial charge in [-0.25, -0.2) is 13.8 Å². The van der Waals surface area contributed by atoms with Crippen molar-refractivity contribution in [2.45, 2.75) is 19.0 Å². The van der Waals surface area contributed by atoms with E-state index in [0.29, 0.717) is 38.8 Å². The topological polar surface area (TPSA) is 65.0 Å². The van der Waals surface area contributed by atoms with E-state index < -0.39 is 11.6 Å². The third-order valence-corrected chi connectivity index (χ3v) is 5.63. The largest absolute Gasteiger partial charge is 0.378 e. The second-order valence-corrected chi connectivity index (χ2v) is 7.66. The Bertz CT molecular complexity index is 905. The van der Waals surface area contributed by atoms with Crippen molar-refractivity contribution in [2.24, 2.45) is 4.99 Å². The molecule has 2 N–H and O–H groups in total. The van der Waals surface area contributed by atoms with E-state index in [1.54, 1.807) is 18.1 Å². The van der Waals surface area contributed by atoms with Crippen LogP contribution in [0.4, 0.5) is 20.3 Å². The molecule has 0 amide bonds. The highest BCUT2D eigenvalue weighted by Gasteiger charge is 2.27. The minimum Gasteiger partial charge on any atom is -0.378 e. The summed E-state index contributed by atoms with van der Waals surface area (Å²) in [7, 11) is 1.71. The molecule has 10 heteroatoms. The number of para-hydroxylation sites is 1. The Morgan fingerprint density at radius 2 is 1.88 bits per heavy atom. The summed E-state index contributed by atoms with van der Waals surface area (Å²) >= 11 is 0. The molecule has 0 aliphatic carbocycles. The van der Waals surface area contributed by atoms with Gasteiger partial charge in [0.25, 0.3) is 0 Å². The van der Waals surface area contributed by atoms with E-state index in [2.05, 4.69) is 31.6 Å². The van der Waals surface area contributed by atoms with Crippen molar-refractivity contribution in [1.29, 1.82) is 0 Å². The molecule has 0 radical (unpaired) electrons. The third kappa shape index (κ3) is 5.77. The zero-order valence-electron chi connectivity index (χ0n) is 18.1. The number of pyridine rings is 1. The van der Waals surface area contributed by atoms with Crippen molar-refractivity contribution in [3.63, 3.8) is 0 Å². The summed E-state index contributed by atoms with van der Waals surface area (Å²) in [6.45, 7) is 4.70. The molecule has 0 saturated carbocycles. The lowest BCUT2D eigenvalue weighted by atomic mass is 10.2. The van der Waals surface area contributed by atoms with Crippen LogP contribution >= 0.6 is 24.0 Å². The van der Waals surface area contributed by atoms with Crippen molar-refractivity contribution >= 4 is 41.4 Å². The zero-order chi connectivity index (χ0) is 21.6. The molecule has 1 aromatic heterocycles. The third-order valence-electron chi connectivity index (χ3n) is 5.63. The normalized spacial score (nSPS) is 19.0. The first-order valence-electron chi connectivity index (χ1n) is 10.6. The molecule has 2 fully saturated rings. The van der Waals surface area contributed by atoms with Crippen LogP contribution in [0.15, 0.2) is 41.5 Å². The molecule has 174 valence electrons. The van der Waals surface area contributed by atoms with Crippen molar-refractivity contribution < 1.29 is 13.5 Å². The van der Waals surface area contributed by atoms with Crippen LogP contribution in [0.25, 0.3) is 0 Å². The van der Waals surface area contributed by atoms with E-state index in [4.69, 9.17) is 4.74 Å². The summed E-state index contributed by atoms with van der Waals surface area (Å²) in [5.74, 6) is 0.541. The maximum atomic E-state index is 14.1. The Morgan fingerprint density at radius 1 is 1.12 bits per heavy atom. The van der Waals surface area contributed by atoms with E-state index in [1.807, 2.05) is 6.07 Å². The van der Waals surface area contributed by atoms with Crippen molar-refractivity contribution in [3.8, 4) is 0 Å². The summed E-state index contributed by atoms with van der Waals surface area (Å²) in [6, 6.07) is 7.98. The van der Waals surface area contributed by atoms with Crippen LogP contribution in [0.2, 0.25) is 0 Å². The molecular weight excluding hydrogens is 529 g/mol. The molecule has 0 spiro atoms. The fourth-order valence-corrected chi connectivity index (χ4v) is 4.07. The first-order chi connectivity index (χ1) is 15.2. The van der Waals surface area contributed by atoms with Gasteiger partial charge in [-0.1, -0.05) is 12.1 Å². The van der Waals surface area contributed by atoms with Gasteiger partial charge >= 0.3 is 0 Å². The van der Waals surface area contributed by atoms with Gasteiger partial charge in [0.15, 0.2) is 5.96 Å². The highest BCUT2D eigenvalue weighted by Crippen LogP contribution is 2.26. The van der Waals surface area contributed by atoms with Crippen LogP contribution in [0.5, 0.6) is 0 Å². The maximum absolute atomic E-state index is 14.1. The number of morpholine rings is 1. The van der Waals surface area contributed by atoms with Gasteiger partial charge in [0, 0.05) is 57.6 Å². The lowest BCUT2D eigenvalue weighted by Crippen LogP contribution is -2.44. The van der Waals surface area contributed by atoms with Gasteiger partial charge in [0.05, 0.1) is 13.2 Å². The van der Waals surface area contributed by atoms with Crippen LogP contribution in [0, 0.1) is 11.6 Å². The molecule has 2 aliphatic heterocycles. The highest BCUT2D eigenvalue weighted by molar-refractivity contribution is 14.0. The number of aromatic nitrogens is 1. The second kappa shape index (κ2) is 11.6. The van der Waals surface area contributed by atoms with Gasteiger partial charge in [0.1, 0.15) is 23.1 Å². The second-order valence-electron chi connectivity index (χ2n) is 7.66. The standard InChI is InChI=1S/C22H28F2N6O.HI/c1-25-22(27-14-16-4-3-8-26-21(16)29-10-12-31-13-11-29)28-17-7-9-30(15-17)20-18(23)5-2-6-19(20)24;/h2-6,8,17H,7,9-15H2,1H3,(H2,25,27,28);1H. The predicted molar refractivity (Wildman–Crippen MR) is 133 cm³/mol. The Morgan fingerprint density at radius 3 is 2.59 bits per heavy atom. The van der Waals surface area contributed by atoms with E-state index in [0.717, 1.165) is 30.9 Å². The molecule has 1 unspecified atom stereocenters. The summed E-state index contributed by atoms with van der Waals surface area (Å²) in [5.41, 5.74) is 1.12. The number of ether oxygens (including phenoxy) is 1. The summed E-state index contributed by atoms with van der Waals surface area (Å²) in [5, 5.41) is 6.72. The van der Waals surface area contributed by atoms with Gasteiger partial charge < -0.3 is 25.2 Å². The number of halogens is 3. The predicted octanol–water partition coefficient (Wildman–Crippen LogP) is 2.76. The molecule has 7 nitrogen and oxygen atoms in total. The van der Waals surface area contributed by atoms with E-state index >= 15 is 0 Å². The Balaban J connectivity index is 0.00000289. The maximum Gasteiger partial charge on any atom is 0.191 e. The first-order valence-corrected chi connectivity index (χ1v) is 10.6. The SMILES string of the molecule is CN=C(NCc1cccnc1N1CCOCC1)NC1CCN(c2c(F)cccc2F)C1.I. The van der Waals surface area contributed by atoms with Gasteiger partial charge in [-0.05, 0) is 24.6 Å². The lowest BCUT2D eigenvalue weighted by Gasteiger charge is -2.29. The molecule has 2 aliphatic rings. The van der Waals surface area contributed by atoms with Crippen LogP contribution in [0.3, 0.4) is 0 Å². The summed E-state index contributed by atoms with van der Waals surface area (Å²) in [4.78, 5) is 12.9. The van der Waals surface area contributed by atoms with Gasteiger partial charge in [0.2, 0.25) is 0 Å². The molecule has 2 saturated heterocycles. The fourth-order valence-electron chi connectivity index (χ4n) is 4.07. The molecule has 0 bridgehead atoms. The molecule has 4 rings (SSSR count). The number of hydrogen-bond donors (Lipinski definition) is 2. The van der Waals surface area contributed by atoms with Gasteiger partial charge in [-0.3, -0.25) is 4.99 Å². The first kappa shape index (κ1) is 24.4. The number of hydrogen-bond acceptors (Lipinski definition) is 5. The number of aliphatic imine (C=N–C) groups is 1.